The molecule has 1 aliphatic rings. The van der Waals surface area contributed by atoms with Crippen molar-refractivity contribution in [1.82, 2.24) is 4.31 Å². The average Bonchev–Trinajstić information content (AvgIpc) is 2.30. The van der Waals surface area contributed by atoms with Gasteiger partial charge in [-0.3, -0.25) is 0 Å². The standard InChI is InChI=1S/C11H21N3O2S/c1-3-9-8-14(6-5-11(9)13)17(15,16)10(4-2)7-12/h9-11H,3-6,8,13H2,1-2H3. The van der Waals surface area contributed by atoms with Gasteiger partial charge in [0.2, 0.25) is 10.0 Å². The Labute approximate surface area is 104 Å². The van der Waals surface area contributed by atoms with Gasteiger partial charge in [0.25, 0.3) is 0 Å². The van der Waals surface area contributed by atoms with Crippen LogP contribution in [0.15, 0.2) is 0 Å². The Balaban J connectivity index is 2.84. The summed E-state index contributed by atoms with van der Waals surface area (Å²) in [5, 5.41) is 7.96. The summed E-state index contributed by atoms with van der Waals surface area (Å²) in [6, 6.07) is 1.95. The predicted octanol–water partition coefficient (Wildman–Crippen LogP) is 0.678. The second-order valence-corrected chi connectivity index (χ2v) is 6.67. The van der Waals surface area contributed by atoms with Gasteiger partial charge in [-0.05, 0) is 18.8 Å². The second-order valence-electron chi connectivity index (χ2n) is 4.55. The van der Waals surface area contributed by atoms with Crippen LogP contribution in [-0.4, -0.2) is 37.1 Å². The molecule has 0 amide bonds. The molecule has 3 atom stereocenters. The van der Waals surface area contributed by atoms with Crippen LogP contribution in [0.1, 0.15) is 33.1 Å². The van der Waals surface area contributed by atoms with Crippen LogP contribution in [0, 0.1) is 17.2 Å². The van der Waals surface area contributed by atoms with Crippen molar-refractivity contribution < 1.29 is 8.42 Å². The number of nitrogens with two attached hydrogens (primary N) is 1. The first-order valence-electron chi connectivity index (χ1n) is 6.11. The van der Waals surface area contributed by atoms with Crippen LogP contribution in [0.5, 0.6) is 0 Å². The van der Waals surface area contributed by atoms with Crippen molar-refractivity contribution in [2.45, 2.75) is 44.4 Å². The van der Waals surface area contributed by atoms with Crippen molar-refractivity contribution in [2.75, 3.05) is 13.1 Å². The smallest absolute Gasteiger partial charge is 0.230 e. The van der Waals surface area contributed by atoms with Crippen LogP contribution < -0.4 is 5.73 Å². The molecule has 0 bridgehead atoms. The van der Waals surface area contributed by atoms with Crippen LogP contribution in [0.25, 0.3) is 0 Å². The molecular weight excluding hydrogens is 238 g/mol. The van der Waals surface area contributed by atoms with E-state index in [4.69, 9.17) is 11.0 Å². The summed E-state index contributed by atoms with van der Waals surface area (Å²) >= 11 is 0. The van der Waals surface area contributed by atoms with Gasteiger partial charge >= 0.3 is 0 Å². The molecule has 5 nitrogen and oxygen atoms in total. The normalized spacial score (nSPS) is 28.6. The molecule has 3 unspecified atom stereocenters. The SMILES string of the molecule is CCC1CN(S(=O)(=O)C(C#N)CC)CCC1N. The van der Waals surface area contributed by atoms with Gasteiger partial charge in [0.15, 0.2) is 5.25 Å². The van der Waals surface area contributed by atoms with E-state index < -0.39 is 15.3 Å². The maximum Gasteiger partial charge on any atom is 0.230 e. The summed E-state index contributed by atoms with van der Waals surface area (Å²) < 4.78 is 25.8. The molecule has 0 aromatic rings. The van der Waals surface area contributed by atoms with E-state index in [9.17, 15) is 8.42 Å². The largest absolute Gasteiger partial charge is 0.327 e. The van der Waals surface area contributed by atoms with Crippen molar-refractivity contribution >= 4 is 10.0 Å². The van der Waals surface area contributed by atoms with Gasteiger partial charge in [0.1, 0.15) is 0 Å². The molecular formula is C11H21N3O2S. The lowest BCUT2D eigenvalue weighted by Crippen LogP contribution is -2.51. The minimum atomic E-state index is -3.47. The van der Waals surface area contributed by atoms with Gasteiger partial charge in [0.05, 0.1) is 6.07 Å². The molecule has 6 heteroatoms. The molecule has 0 aliphatic carbocycles. The van der Waals surface area contributed by atoms with Crippen LogP contribution >= 0.6 is 0 Å². The Morgan fingerprint density at radius 1 is 1.53 bits per heavy atom. The molecule has 98 valence electrons. The van der Waals surface area contributed by atoms with Crippen molar-refractivity contribution in [3.63, 3.8) is 0 Å². The van der Waals surface area contributed by atoms with Crippen molar-refractivity contribution in [1.29, 1.82) is 5.26 Å². The highest BCUT2D eigenvalue weighted by molar-refractivity contribution is 7.90. The Morgan fingerprint density at radius 3 is 2.65 bits per heavy atom. The van der Waals surface area contributed by atoms with Gasteiger partial charge in [-0.2, -0.15) is 5.26 Å². The van der Waals surface area contributed by atoms with Crippen LogP contribution in [-0.2, 0) is 10.0 Å². The van der Waals surface area contributed by atoms with E-state index in [1.165, 1.54) is 4.31 Å². The molecule has 0 spiro atoms. The van der Waals surface area contributed by atoms with E-state index in [0.29, 0.717) is 25.9 Å². The molecule has 0 aromatic heterocycles. The third-order valence-electron chi connectivity index (χ3n) is 3.51. The maximum atomic E-state index is 12.2. The Bertz CT molecular complexity index is 388. The molecule has 1 rings (SSSR count). The van der Waals surface area contributed by atoms with Crippen molar-refractivity contribution in [3.8, 4) is 6.07 Å². The number of piperidine rings is 1. The first kappa shape index (κ1) is 14.4. The van der Waals surface area contributed by atoms with E-state index in [1.807, 2.05) is 13.0 Å². The molecule has 1 fully saturated rings. The van der Waals surface area contributed by atoms with Gasteiger partial charge < -0.3 is 5.73 Å². The number of nitriles is 1. The average molecular weight is 259 g/mol. The summed E-state index contributed by atoms with van der Waals surface area (Å²) in [4.78, 5) is 0. The monoisotopic (exact) mass is 259 g/mol. The van der Waals surface area contributed by atoms with Gasteiger partial charge in [0, 0.05) is 19.1 Å². The van der Waals surface area contributed by atoms with Crippen molar-refractivity contribution in [2.24, 2.45) is 11.7 Å². The number of hydrogen-bond donors (Lipinski definition) is 1. The number of sulfonamides is 1. The lowest BCUT2D eigenvalue weighted by molar-refractivity contribution is 0.229. The highest BCUT2D eigenvalue weighted by atomic mass is 32.2. The highest BCUT2D eigenvalue weighted by Crippen LogP contribution is 2.23. The Morgan fingerprint density at radius 2 is 2.18 bits per heavy atom. The number of rotatable bonds is 4. The molecule has 1 aliphatic heterocycles. The molecule has 0 aromatic carbocycles. The van der Waals surface area contributed by atoms with E-state index in [2.05, 4.69) is 0 Å². The van der Waals surface area contributed by atoms with Gasteiger partial charge in [-0.25, -0.2) is 12.7 Å². The molecule has 2 N–H and O–H groups in total. The predicted molar refractivity (Wildman–Crippen MR) is 66.6 cm³/mol. The highest BCUT2D eigenvalue weighted by Gasteiger charge is 2.36. The summed E-state index contributed by atoms with van der Waals surface area (Å²) in [7, 11) is -3.47. The van der Waals surface area contributed by atoms with Crippen LogP contribution in [0.4, 0.5) is 0 Å². The summed E-state index contributed by atoms with van der Waals surface area (Å²) in [5.41, 5.74) is 5.95. The second kappa shape index (κ2) is 5.80. The zero-order valence-electron chi connectivity index (χ0n) is 10.5. The van der Waals surface area contributed by atoms with Gasteiger partial charge in [-0.1, -0.05) is 20.3 Å². The third kappa shape index (κ3) is 2.97. The minimum Gasteiger partial charge on any atom is -0.327 e. The lowest BCUT2D eigenvalue weighted by Gasteiger charge is -2.36. The first-order chi connectivity index (χ1) is 7.97. The maximum absolute atomic E-state index is 12.2. The fraction of sp³-hybridized carbons (Fsp3) is 0.909. The zero-order valence-corrected chi connectivity index (χ0v) is 11.3. The molecule has 1 saturated heterocycles. The first-order valence-corrected chi connectivity index (χ1v) is 7.61. The number of nitrogens with zero attached hydrogens (tertiary/aromatic N) is 2. The number of hydrogen-bond acceptors (Lipinski definition) is 4. The molecule has 0 saturated carbocycles. The fourth-order valence-corrected chi connectivity index (χ4v) is 3.90. The van der Waals surface area contributed by atoms with E-state index in [0.717, 1.165) is 6.42 Å². The Kier molecular flexibility index (Phi) is 4.92. The van der Waals surface area contributed by atoms with E-state index in [-0.39, 0.29) is 12.0 Å². The summed E-state index contributed by atoms with van der Waals surface area (Å²) in [6.45, 7) is 4.64. The van der Waals surface area contributed by atoms with Crippen molar-refractivity contribution in [3.05, 3.63) is 0 Å². The summed E-state index contributed by atoms with van der Waals surface area (Å²) in [6.07, 6.45) is 1.88. The lowest BCUT2D eigenvalue weighted by atomic mass is 9.92. The van der Waals surface area contributed by atoms with E-state index in [1.54, 1.807) is 6.92 Å². The molecule has 17 heavy (non-hydrogen) atoms. The quantitative estimate of drug-likeness (QED) is 0.804. The van der Waals surface area contributed by atoms with E-state index >= 15 is 0 Å². The molecule has 1 heterocycles. The minimum absolute atomic E-state index is 0.0774. The summed E-state index contributed by atoms with van der Waals surface area (Å²) in [5.74, 6) is 0.203. The topological polar surface area (TPSA) is 87.2 Å². The third-order valence-corrected chi connectivity index (χ3v) is 5.72. The molecule has 0 radical (unpaired) electrons. The van der Waals surface area contributed by atoms with Crippen LogP contribution in [0.3, 0.4) is 0 Å². The van der Waals surface area contributed by atoms with Gasteiger partial charge in [-0.15, -0.1) is 0 Å². The fourth-order valence-electron chi connectivity index (χ4n) is 2.23. The Hall–Kier alpha value is -0.640. The van der Waals surface area contributed by atoms with Crippen LogP contribution in [0.2, 0.25) is 0 Å². The zero-order chi connectivity index (χ0) is 13.1.